The average Bonchev–Trinajstić information content (AvgIpc) is 2.74. The van der Waals surface area contributed by atoms with Gasteiger partial charge in [0, 0.05) is 5.38 Å². The summed E-state index contributed by atoms with van der Waals surface area (Å²) >= 11 is 1.72. The second-order valence-corrected chi connectivity index (χ2v) is 4.69. The van der Waals surface area contributed by atoms with E-state index in [1.165, 1.54) is 18.5 Å². The van der Waals surface area contributed by atoms with Gasteiger partial charge in [-0.3, -0.25) is 4.90 Å². The van der Waals surface area contributed by atoms with Crippen LogP contribution in [0.5, 0.6) is 0 Å². The molecular weight excluding hydrogens is 192 g/mol. The largest absolute Gasteiger partial charge is 0.284 e. The molecule has 2 heterocycles. The summed E-state index contributed by atoms with van der Waals surface area (Å²) in [4.78, 5) is 6.88. The molecule has 74 valence electrons. The molecule has 3 heteroatoms. The summed E-state index contributed by atoms with van der Waals surface area (Å²) in [5.74, 6) is 2.72. The molecule has 0 amide bonds. The summed E-state index contributed by atoms with van der Waals surface area (Å²) in [6, 6.07) is 0.469. The lowest BCUT2D eigenvalue weighted by Gasteiger charge is -2.19. The third-order valence-corrected chi connectivity index (χ3v) is 3.43. The van der Waals surface area contributed by atoms with Crippen LogP contribution in [0.4, 0.5) is 0 Å². The molecule has 1 aliphatic rings. The van der Waals surface area contributed by atoms with E-state index in [9.17, 15) is 0 Å². The van der Waals surface area contributed by atoms with Crippen LogP contribution in [0.15, 0.2) is 5.38 Å². The minimum atomic E-state index is 0.469. The maximum atomic E-state index is 5.34. The van der Waals surface area contributed by atoms with E-state index in [0.29, 0.717) is 6.04 Å². The van der Waals surface area contributed by atoms with Crippen LogP contribution in [-0.2, 0) is 0 Å². The predicted molar refractivity (Wildman–Crippen MR) is 59.2 cm³/mol. The van der Waals surface area contributed by atoms with Crippen molar-refractivity contribution in [3.8, 4) is 12.3 Å². The Bertz CT molecular complexity index is 350. The van der Waals surface area contributed by atoms with Gasteiger partial charge in [0.1, 0.15) is 0 Å². The lowest BCUT2D eigenvalue weighted by molar-refractivity contribution is 0.286. The van der Waals surface area contributed by atoms with Gasteiger partial charge in [-0.2, -0.15) is 0 Å². The zero-order chi connectivity index (χ0) is 9.97. The second kappa shape index (κ2) is 4.12. The summed E-state index contributed by atoms with van der Waals surface area (Å²) < 4.78 is 0. The molecule has 0 bridgehead atoms. The Hall–Kier alpha value is -0.850. The monoisotopic (exact) mass is 206 g/mol. The number of thiazole rings is 1. The fourth-order valence-electron chi connectivity index (χ4n) is 2.00. The maximum Gasteiger partial charge on any atom is 0.0898 e. The van der Waals surface area contributed by atoms with Crippen molar-refractivity contribution < 1.29 is 0 Å². The highest BCUT2D eigenvalue weighted by Gasteiger charge is 2.26. The summed E-state index contributed by atoms with van der Waals surface area (Å²) in [6.45, 7) is 3.92. The van der Waals surface area contributed by atoms with Gasteiger partial charge >= 0.3 is 0 Å². The number of terminal acetylenes is 1. The van der Waals surface area contributed by atoms with Gasteiger partial charge in [-0.1, -0.05) is 5.92 Å². The molecule has 0 aliphatic carbocycles. The van der Waals surface area contributed by atoms with Crippen LogP contribution in [0.1, 0.15) is 29.6 Å². The molecule has 0 N–H and O–H groups in total. The van der Waals surface area contributed by atoms with Crippen LogP contribution in [-0.4, -0.2) is 23.0 Å². The van der Waals surface area contributed by atoms with E-state index in [2.05, 4.69) is 28.1 Å². The van der Waals surface area contributed by atoms with Crippen molar-refractivity contribution in [1.29, 1.82) is 0 Å². The fourth-order valence-corrected chi connectivity index (χ4v) is 2.66. The molecule has 1 atom stereocenters. The van der Waals surface area contributed by atoms with Crippen LogP contribution in [0.25, 0.3) is 0 Å². The summed E-state index contributed by atoms with van der Waals surface area (Å²) in [7, 11) is 0. The Morgan fingerprint density at radius 2 is 2.64 bits per heavy atom. The fraction of sp³-hybridized carbons (Fsp3) is 0.545. The van der Waals surface area contributed by atoms with Gasteiger partial charge < -0.3 is 0 Å². The number of hydrogen-bond acceptors (Lipinski definition) is 3. The molecule has 2 rings (SSSR count). The van der Waals surface area contributed by atoms with Crippen LogP contribution in [0, 0.1) is 19.3 Å². The number of rotatable bonds is 2. The van der Waals surface area contributed by atoms with Crippen molar-refractivity contribution in [1.82, 2.24) is 9.88 Å². The van der Waals surface area contributed by atoms with Crippen molar-refractivity contribution in [2.24, 2.45) is 0 Å². The molecule has 0 unspecified atom stereocenters. The minimum absolute atomic E-state index is 0.469. The second-order valence-electron chi connectivity index (χ2n) is 3.62. The highest BCUT2D eigenvalue weighted by Crippen LogP contribution is 2.31. The molecule has 0 spiro atoms. The molecule has 1 saturated heterocycles. The Morgan fingerprint density at radius 1 is 1.79 bits per heavy atom. The first kappa shape index (κ1) is 9.70. The zero-order valence-electron chi connectivity index (χ0n) is 8.36. The van der Waals surface area contributed by atoms with Crippen molar-refractivity contribution in [3.63, 3.8) is 0 Å². The predicted octanol–water partition coefficient (Wildman–Crippen LogP) is 2.22. The van der Waals surface area contributed by atoms with Gasteiger partial charge in [0.25, 0.3) is 0 Å². The molecule has 0 radical (unpaired) electrons. The molecular formula is C11H14N2S. The van der Waals surface area contributed by atoms with E-state index in [1.807, 2.05) is 0 Å². The number of hydrogen-bond donors (Lipinski definition) is 0. The standard InChI is InChI=1S/C11H14N2S/c1-3-6-13-7-4-5-11(13)10-8-14-9(2)12-10/h1,8,11H,4-7H2,2H3/t11-/m1/s1. The molecule has 2 nitrogen and oxygen atoms in total. The van der Waals surface area contributed by atoms with Gasteiger partial charge in [-0.25, -0.2) is 4.98 Å². The van der Waals surface area contributed by atoms with Crippen LogP contribution in [0.3, 0.4) is 0 Å². The first-order valence-electron chi connectivity index (χ1n) is 4.91. The third-order valence-electron chi connectivity index (χ3n) is 2.64. The van der Waals surface area contributed by atoms with Gasteiger partial charge in [-0.05, 0) is 26.3 Å². The average molecular weight is 206 g/mol. The Labute approximate surface area is 89.0 Å². The summed E-state index contributed by atoms with van der Waals surface area (Å²) in [5, 5.41) is 3.31. The van der Waals surface area contributed by atoms with Crippen molar-refractivity contribution in [2.75, 3.05) is 13.1 Å². The summed E-state index contributed by atoms with van der Waals surface area (Å²) in [6.07, 6.45) is 7.78. The number of nitrogens with zero attached hydrogens (tertiary/aromatic N) is 2. The van der Waals surface area contributed by atoms with Crippen molar-refractivity contribution >= 4 is 11.3 Å². The van der Waals surface area contributed by atoms with E-state index in [1.54, 1.807) is 11.3 Å². The Balaban J connectivity index is 2.14. The number of likely N-dealkylation sites (tertiary alicyclic amines) is 1. The lowest BCUT2D eigenvalue weighted by Crippen LogP contribution is -2.23. The van der Waals surface area contributed by atoms with E-state index >= 15 is 0 Å². The highest BCUT2D eigenvalue weighted by atomic mass is 32.1. The van der Waals surface area contributed by atoms with E-state index < -0.39 is 0 Å². The Morgan fingerprint density at radius 3 is 3.29 bits per heavy atom. The van der Waals surface area contributed by atoms with E-state index in [0.717, 1.165) is 18.1 Å². The molecule has 1 aromatic heterocycles. The van der Waals surface area contributed by atoms with Crippen molar-refractivity contribution in [2.45, 2.75) is 25.8 Å². The summed E-state index contributed by atoms with van der Waals surface area (Å²) in [5.41, 5.74) is 1.21. The molecule has 1 aromatic rings. The van der Waals surface area contributed by atoms with E-state index in [4.69, 9.17) is 6.42 Å². The topological polar surface area (TPSA) is 16.1 Å². The van der Waals surface area contributed by atoms with Gasteiger partial charge in [0.05, 0.1) is 23.3 Å². The first-order chi connectivity index (χ1) is 6.81. The number of aryl methyl sites for hydroxylation is 1. The van der Waals surface area contributed by atoms with Gasteiger partial charge in [0.15, 0.2) is 0 Å². The Kier molecular flexibility index (Phi) is 2.85. The molecule has 0 saturated carbocycles. The molecule has 1 aliphatic heterocycles. The van der Waals surface area contributed by atoms with Crippen molar-refractivity contribution in [3.05, 3.63) is 16.1 Å². The lowest BCUT2D eigenvalue weighted by atomic mass is 10.2. The normalized spacial score (nSPS) is 22.4. The molecule has 14 heavy (non-hydrogen) atoms. The quantitative estimate of drug-likeness (QED) is 0.690. The molecule has 1 fully saturated rings. The zero-order valence-corrected chi connectivity index (χ0v) is 9.18. The first-order valence-corrected chi connectivity index (χ1v) is 5.79. The van der Waals surface area contributed by atoms with Crippen LogP contribution in [0.2, 0.25) is 0 Å². The maximum absolute atomic E-state index is 5.34. The number of aromatic nitrogens is 1. The van der Waals surface area contributed by atoms with Crippen LogP contribution < -0.4 is 0 Å². The SMILES string of the molecule is C#CCN1CCC[C@@H]1c1csc(C)n1. The molecule has 0 aromatic carbocycles. The van der Waals surface area contributed by atoms with Gasteiger partial charge in [0.2, 0.25) is 0 Å². The van der Waals surface area contributed by atoms with E-state index in [-0.39, 0.29) is 0 Å². The highest BCUT2D eigenvalue weighted by molar-refractivity contribution is 7.09. The van der Waals surface area contributed by atoms with Gasteiger partial charge in [-0.15, -0.1) is 17.8 Å². The minimum Gasteiger partial charge on any atom is -0.284 e. The third kappa shape index (κ3) is 1.82. The smallest absolute Gasteiger partial charge is 0.0898 e. The van der Waals surface area contributed by atoms with Crippen LogP contribution >= 0.6 is 11.3 Å².